The van der Waals surface area contributed by atoms with Gasteiger partial charge >= 0.3 is 0 Å². The van der Waals surface area contributed by atoms with Gasteiger partial charge < -0.3 is 0 Å². The van der Waals surface area contributed by atoms with Crippen LogP contribution in [0.5, 0.6) is 0 Å². The minimum Gasteiger partial charge on any atom is -0.256 e. The molecule has 0 aliphatic carbocycles. The van der Waals surface area contributed by atoms with E-state index in [4.69, 9.17) is 4.98 Å². The molecule has 0 N–H and O–H groups in total. The van der Waals surface area contributed by atoms with Crippen molar-refractivity contribution in [2.75, 3.05) is 0 Å². The molecular weight excluding hydrogens is 369 g/mol. The first-order valence-electron chi connectivity index (χ1n) is 9.74. The van der Waals surface area contributed by atoms with Gasteiger partial charge in [0.15, 0.2) is 0 Å². The van der Waals surface area contributed by atoms with E-state index < -0.39 is 7.92 Å². The Morgan fingerprint density at radius 3 is 1.86 bits per heavy atom. The predicted molar refractivity (Wildman–Crippen MR) is 126 cm³/mol. The highest BCUT2D eigenvalue weighted by Crippen LogP contribution is 2.34. The molecule has 1 heterocycles. The topological polar surface area (TPSA) is 12.9 Å². The molecule has 0 atom stereocenters. The van der Waals surface area contributed by atoms with Crippen LogP contribution in [-0.2, 0) is 0 Å². The molecule has 1 nitrogen and oxygen atoms in total. The first-order valence-corrected chi connectivity index (χ1v) is 11.1. The van der Waals surface area contributed by atoms with Gasteiger partial charge in [-0.25, -0.2) is 0 Å². The van der Waals surface area contributed by atoms with Gasteiger partial charge in [0.05, 0.1) is 5.69 Å². The Balaban J connectivity index is 1.67. The summed E-state index contributed by atoms with van der Waals surface area (Å²) in [5.74, 6) is 0. The molecule has 0 saturated carbocycles. The third kappa shape index (κ3) is 3.58. The van der Waals surface area contributed by atoms with Gasteiger partial charge in [0.1, 0.15) is 0 Å². The standard InChI is InChI=1S/C27H20NP/c1-3-12-23(13-4-1)29(24-14-5-2-6-15-24)25-16-9-11-22(20-25)27-26-17-8-7-10-21(26)18-19-28-27/h1-20H. The zero-order valence-corrected chi connectivity index (χ0v) is 16.8. The van der Waals surface area contributed by atoms with Gasteiger partial charge in [-0.3, -0.25) is 4.98 Å². The molecule has 5 aromatic rings. The lowest BCUT2D eigenvalue weighted by molar-refractivity contribution is 1.36. The van der Waals surface area contributed by atoms with E-state index in [0.717, 1.165) is 5.69 Å². The summed E-state index contributed by atoms with van der Waals surface area (Å²) in [5.41, 5.74) is 2.21. The van der Waals surface area contributed by atoms with Crippen LogP contribution in [0.25, 0.3) is 22.0 Å². The number of rotatable bonds is 4. The normalized spacial score (nSPS) is 11.1. The van der Waals surface area contributed by atoms with Crippen molar-refractivity contribution in [1.82, 2.24) is 4.98 Å². The molecule has 5 rings (SSSR count). The highest BCUT2D eigenvalue weighted by molar-refractivity contribution is 7.79. The quantitative estimate of drug-likeness (QED) is 0.362. The number of nitrogens with zero attached hydrogens (tertiary/aromatic N) is 1. The number of hydrogen-bond donors (Lipinski definition) is 0. The Bertz CT molecular complexity index is 1200. The van der Waals surface area contributed by atoms with Gasteiger partial charge in [0.25, 0.3) is 0 Å². The second kappa shape index (κ2) is 7.99. The zero-order chi connectivity index (χ0) is 19.5. The molecule has 0 bridgehead atoms. The average molecular weight is 389 g/mol. The summed E-state index contributed by atoms with van der Waals surface area (Å²) in [6.07, 6.45) is 1.90. The van der Waals surface area contributed by atoms with Crippen LogP contribution in [0.3, 0.4) is 0 Å². The third-order valence-corrected chi connectivity index (χ3v) is 7.50. The van der Waals surface area contributed by atoms with Crippen LogP contribution in [0, 0.1) is 0 Å². The number of benzene rings is 4. The second-order valence-corrected chi connectivity index (χ2v) is 9.16. The maximum atomic E-state index is 4.73. The largest absolute Gasteiger partial charge is 0.256 e. The van der Waals surface area contributed by atoms with Gasteiger partial charge in [-0.15, -0.1) is 0 Å². The van der Waals surface area contributed by atoms with E-state index in [9.17, 15) is 0 Å². The van der Waals surface area contributed by atoms with Crippen molar-refractivity contribution in [2.45, 2.75) is 0 Å². The van der Waals surface area contributed by atoms with Crippen LogP contribution in [0.4, 0.5) is 0 Å². The molecule has 0 spiro atoms. The molecule has 4 aromatic carbocycles. The van der Waals surface area contributed by atoms with E-state index in [-0.39, 0.29) is 0 Å². The van der Waals surface area contributed by atoms with Crippen LogP contribution in [0.2, 0.25) is 0 Å². The maximum Gasteiger partial charge on any atom is 0.0780 e. The molecule has 1 aromatic heterocycles. The van der Waals surface area contributed by atoms with Crippen LogP contribution in [0.1, 0.15) is 0 Å². The average Bonchev–Trinajstić information content (AvgIpc) is 2.81. The molecule has 0 fully saturated rings. The molecule has 0 saturated heterocycles. The SMILES string of the molecule is c1ccc(P(c2ccccc2)c2cccc(-c3nccc4ccccc34)c2)cc1. The molecule has 138 valence electrons. The van der Waals surface area contributed by atoms with E-state index in [0.29, 0.717) is 0 Å². The lowest BCUT2D eigenvalue weighted by atomic mass is 10.0. The Morgan fingerprint density at radius 2 is 1.14 bits per heavy atom. The first kappa shape index (κ1) is 17.8. The highest BCUT2D eigenvalue weighted by atomic mass is 31.1. The van der Waals surface area contributed by atoms with Gasteiger partial charge in [0, 0.05) is 17.1 Å². The Morgan fingerprint density at radius 1 is 0.517 bits per heavy atom. The van der Waals surface area contributed by atoms with Crippen LogP contribution < -0.4 is 15.9 Å². The smallest absolute Gasteiger partial charge is 0.0780 e. The number of pyridine rings is 1. The summed E-state index contributed by atoms with van der Waals surface area (Å²) < 4.78 is 0. The van der Waals surface area contributed by atoms with Crippen molar-refractivity contribution < 1.29 is 0 Å². The Hall–Kier alpha value is -3.28. The van der Waals surface area contributed by atoms with Crippen LogP contribution in [-0.4, -0.2) is 4.98 Å². The number of hydrogen-bond acceptors (Lipinski definition) is 1. The van der Waals surface area contributed by atoms with E-state index >= 15 is 0 Å². The van der Waals surface area contributed by atoms with E-state index in [1.54, 1.807) is 0 Å². The van der Waals surface area contributed by atoms with Crippen molar-refractivity contribution >= 4 is 34.6 Å². The fourth-order valence-electron chi connectivity index (χ4n) is 3.74. The monoisotopic (exact) mass is 389 g/mol. The Labute approximate surface area is 172 Å². The van der Waals surface area contributed by atoms with Crippen molar-refractivity contribution in [1.29, 1.82) is 0 Å². The van der Waals surface area contributed by atoms with Gasteiger partial charge in [0.2, 0.25) is 0 Å². The molecule has 29 heavy (non-hydrogen) atoms. The maximum absolute atomic E-state index is 4.73. The molecular formula is C27H20NP. The molecule has 0 aliphatic heterocycles. The van der Waals surface area contributed by atoms with Crippen molar-refractivity contribution in [2.24, 2.45) is 0 Å². The van der Waals surface area contributed by atoms with Crippen LogP contribution >= 0.6 is 7.92 Å². The minimum atomic E-state index is -0.624. The number of fused-ring (bicyclic) bond motifs is 1. The summed E-state index contributed by atoms with van der Waals surface area (Å²) in [7, 11) is -0.624. The molecule has 0 radical (unpaired) electrons. The summed E-state index contributed by atoms with van der Waals surface area (Å²) in [5, 5.41) is 6.46. The fourth-order valence-corrected chi connectivity index (χ4v) is 6.08. The summed E-state index contributed by atoms with van der Waals surface area (Å²) in [4.78, 5) is 4.73. The van der Waals surface area contributed by atoms with Gasteiger partial charge in [-0.1, -0.05) is 103 Å². The lowest BCUT2D eigenvalue weighted by Crippen LogP contribution is -2.20. The lowest BCUT2D eigenvalue weighted by Gasteiger charge is -2.20. The summed E-state index contributed by atoms with van der Waals surface area (Å²) in [6, 6.07) is 41.1. The third-order valence-electron chi connectivity index (χ3n) is 5.08. The Kier molecular flexibility index (Phi) is 4.90. The molecule has 0 aliphatic rings. The zero-order valence-electron chi connectivity index (χ0n) is 15.9. The van der Waals surface area contributed by atoms with E-state index in [1.807, 2.05) is 6.20 Å². The summed E-state index contributed by atoms with van der Waals surface area (Å²) >= 11 is 0. The van der Waals surface area contributed by atoms with Crippen molar-refractivity contribution in [3.8, 4) is 11.3 Å². The van der Waals surface area contributed by atoms with Gasteiger partial charge in [-0.2, -0.15) is 0 Å². The second-order valence-electron chi connectivity index (χ2n) is 6.94. The van der Waals surface area contributed by atoms with Crippen LogP contribution in [0.15, 0.2) is 121 Å². The van der Waals surface area contributed by atoms with E-state index in [1.165, 1.54) is 32.2 Å². The van der Waals surface area contributed by atoms with Gasteiger partial charge in [-0.05, 0) is 41.4 Å². The molecule has 0 unspecified atom stereocenters. The first-order chi connectivity index (χ1) is 14.4. The molecule has 2 heteroatoms. The number of aromatic nitrogens is 1. The highest BCUT2D eigenvalue weighted by Gasteiger charge is 2.17. The van der Waals surface area contributed by atoms with Crippen molar-refractivity contribution in [3.63, 3.8) is 0 Å². The molecule has 0 amide bonds. The fraction of sp³-hybridized carbons (Fsp3) is 0. The predicted octanol–water partition coefficient (Wildman–Crippen LogP) is 5.66. The summed E-state index contributed by atoms with van der Waals surface area (Å²) in [6.45, 7) is 0. The minimum absolute atomic E-state index is 0.624. The van der Waals surface area contributed by atoms with Crippen molar-refractivity contribution in [3.05, 3.63) is 121 Å². The van der Waals surface area contributed by atoms with E-state index in [2.05, 4.69) is 115 Å².